The van der Waals surface area contributed by atoms with Gasteiger partial charge >= 0.3 is 5.97 Å². The number of ether oxygens (including phenoxy) is 1. The van der Waals surface area contributed by atoms with Gasteiger partial charge in [-0.3, -0.25) is 14.4 Å². The standard InChI is InChI=1S/C29H31N3O5S/c1-15(2)29(30,28(35)36)13-18-7-6-8-22-21(18)11-12-23(31-22)32-27(34)25-16(3)24-19(14-37-5)9-10-20(17(4)33)26(24)38-25/h6-12,15H,13-14,30H2,1-5H3,(H,35,36)(H,31,32,34)/t29-/m0/s1. The van der Waals surface area contributed by atoms with Crippen LogP contribution in [0.3, 0.4) is 0 Å². The van der Waals surface area contributed by atoms with Crippen LogP contribution in [0.25, 0.3) is 21.0 Å². The van der Waals surface area contributed by atoms with Crippen LogP contribution in [0.1, 0.15) is 57.5 Å². The number of pyridine rings is 1. The molecule has 0 fully saturated rings. The smallest absolute Gasteiger partial charge is 0.324 e. The summed E-state index contributed by atoms with van der Waals surface area (Å²) in [6, 6.07) is 12.6. The summed E-state index contributed by atoms with van der Waals surface area (Å²) < 4.78 is 6.10. The molecule has 0 radical (unpaired) electrons. The number of hydrogen-bond acceptors (Lipinski definition) is 7. The molecule has 1 amide bonds. The Labute approximate surface area is 224 Å². The van der Waals surface area contributed by atoms with Crippen molar-refractivity contribution in [2.45, 2.75) is 46.3 Å². The summed E-state index contributed by atoms with van der Waals surface area (Å²) in [7, 11) is 1.61. The maximum absolute atomic E-state index is 13.4. The number of fused-ring (bicyclic) bond motifs is 2. The van der Waals surface area contributed by atoms with Gasteiger partial charge in [0.1, 0.15) is 11.4 Å². The molecule has 4 aromatic rings. The zero-order chi connectivity index (χ0) is 27.8. The average Bonchev–Trinajstić information content (AvgIpc) is 3.21. The lowest BCUT2D eigenvalue weighted by molar-refractivity contribution is -0.145. The maximum Gasteiger partial charge on any atom is 0.324 e. The van der Waals surface area contributed by atoms with Gasteiger partial charge in [-0.1, -0.05) is 32.0 Å². The fraction of sp³-hybridized carbons (Fsp3) is 0.310. The number of nitrogens with zero attached hydrogens (tertiary/aromatic N) is 1. The number of carboxylic acid groups (broad SMARTS) is 1. The molecule has 0 bridgehead atoms. The first-order chi connectivity index (χ1) is 18.0. The lowest BCUT2D eigenvalue weighted by Crippen LogP contribution is -2.54. The third-order valence-electron chi connectivity index (χ3n) is 7.02. The lowest BCUT2D eigenvalue weighted by Gasteiger charge is -2.29. The average molecular weight is 534 g/mol. The molecule has 0 aliphatic carbocycles. The number of ketones is 1. The third-order valence-corrected chi connectivity index (χ3v) is 8.35. The number of nitrogens with one attached hydrogen (secondary N) is 1. The van der Waals surface area contributed by atoms with E-state index in [9.17, 15) is 19.5 Å². The fourth-order valence-electron chi connectivity index (χ4n) is 4.66. The number of hydrogen-bond donors (Lipinski definition) is 3. The number of carbonyl (C=O) groups excluding carboxylic acids is 2. The number of rotatable bonds is 9. The van der Waals surface area contributed by atoms with Crippen molar-refractivity contribution in [3.63, 3.8) is 0 Å². The molecule has 2 heterocycles. The largest absolute Gasteiger partial charge is 0.480 e. The van der Waals surface area contributed by atoms with Crippen LogP contribution >= 0.6 is 11.3 Å². The Morgan fingerprint density at radius 1 is 1.13 bits per heavy atom. The van der Waals surface area contributed by atoms with Gasteiger partial charge in [-0.05, 0) is 60.7 Å². The highest BCUT2D eigenvalue weighted by Crippen LogP contribution is 2.37. The molecule has 0 saturated carbocycles. The third kappa shape index (κ3) is 4.92. The van der Waals surface area contributed by atoms with Gasteiger partial charge < -0.3 is 20.9 Å². The van der Waals surface area contributed by atoms with Crippen molar-refractivity contribution in [1.29, 1.82) is 0 Å². The SMILES string of the molecule is COCc1ccc(C(C)=O)c2sc(C(=O)Nc3ccc4c(C[C@@](N)(C(=O)O)C(C)C)cccc4n3)c(C)c12. The van der Waals surface area contributed by atoms with E-state index in [1.54, 1.807) is 39.2 Å². The van der Waals surface area contributed by atoms with Gasteiger partial charge in [-0.2, -0.15) is 0 Å². The summed E-state index contributed by atoms with van der Waals surface area (Å²) in [5, 5.41) is 14.3. The highest BCUT2D eigenvalue weighted by Gasteiger charge is 2.38. The van der Waals surface area contributed by atoms with Gasteiger partial charge in [-0.15, -0.1) is 11.3 Å². The summed E-state index contributed by atoms with van der Waals surface area (Å²) in [6.45, 7) is 7.33. The number of Topliss-reactive ketones (excluding diaryl/α,β-unsaturated/α-hetero) is 1. The minimum atomic E-state index is -1.42. The number of amides is 1. The van der Waals surface area contributed by atoms with Crippen LogP contribution in [-0.2, 0) is 22.6 Å². The van der Waals surface area contributed by atoms with E-state index in [0.29, 0.717) is 28.4 Å². The van der Waals surface area contributed by atoms with Crippen LogP contribution in [0.4, 0.5) is 5.82 Å². The van der Waals surface area contributed by atoms with Gasteiger partial charge in [0.15, 0.2) is 5.78 Å². The molecule has 4 N–H and O–H groups in total. The van der Waals surface area contributed by atoms with Crippen molar-refractivity contribution >= 4 is 55.8 Å². The summed E-state index contributed by atoms with van der Waals surface area (Å²) in [5.41, 5.74) is 8.50. The van der Waals surface area contributed by atoms with E-state index in [2.05, 4.69) is 10.3 Å². The zero-order valence-corrected chi connectivity index (χ0v) is 22.9. The highest BCUT2D eigenvalue weighted by molar-refractivity contribution is 7.21. The minimum Gasteiger partial charge on any atom is -0.480 e. The van der Waals surface area contributed by atoms with Gasteiger partial charge in [-0.25, -0.2) is 4.98 Å². The van der Waals surface area contributed by atoms with Crippen LogP contribution in [0.15, 0.2) is 42.5 Å². The van der Waals surface area contributed by atoms with Crippen molar-refractivity contribution in [2.24, 2.45) is 11.7 Å². The molecule has 4 rings (SSSR count). The molecular formula is C29H31N3O5S. The Hall–Kier alpha value is -3.66. The predicted octanol–water partition coefficient (Wildman–Crippen LogP) is 5.34. The Balaban J connectivity index is 1.69. The highest BCUT2D eigenvalue weighted by atomic mass is 32.1. The quantitative estimate of drug-likeness (QED) is 0.247. The number of aromatic nitrogens is 1. The maximum atomic E-state index is 13.4. The Morgan fingerprint density at radius 2 is 1.87 bits per heavy atom. The molecule has 0 unspecified atom stereocenters. The van der Waals surface area contributed by atoms with Crippen LogP contribution in [0.2, 0.25) is 0 Å². The second-order valence-corrected chi connectivity index (χ2v) is 10.9. The van der Waals surface area contributed by atoms with E-state index in [1.807, 2.05) is 31.2 Å². The van der Waals surface area contributed by atoms with Gasteiger partial charge in [0, 0.05) is 34.6 Å². The molecule has 2 aromatic carbocycles. The van der Waals surface area contributed by atoms with E-state index in [4.69, 9.17) is 10.5 Å². The Morgan fingerprint density at radius 3 is 2.50 bits per heavy atom. The molecule has 9 heteroatoms. The second-order valence-electron chi connectivity index (χ2n) is 9.83. The second kappa shape index (κ2) is 10.6. The number of nitrogens with two attached hydrogens (primary N) is 1. The number of aryl methyl sites for hydroxylation is 1. The summed E-state index contributed by atoms with van der Waals surface area (Å²) in [4.78, 5) is 42.6. The molecule has 1 atom stereocenters. The number of benzene rings is 2. The first-order valence-corrected chi connectivity index (χ1v) is 13.1. The molecule has 38 heavy (non-hydrogen) atoms. The number of thiophene rings is 1. The monoisotopic (exact) mass is 533 g/mol. The molecule has 0 saturated heterocycles. The van der Waals surface area contributed by atoms with Gasteiger partial charge in [0.25, 0.3) is 5.91 Å². The van der Waals surface area contributed by atoms with E-state index < -0.39 is 11.5 Å². The molecule has 198 valence electrons. The van der Waals surface area contributed by atoms with E-state index in [-0.39, 0.29) is 24.0 Å². The number of carboxylic acids is 1. The molecule has 0 aliphatic heterocycles. The van der Waals surface area contributed by atoms with E-state index in [0.717, 1.165) is 32.2 Å². The molecule has 0 spiro atoms. The number of methoxy groups -OCH3 is 1. The van der Waals surface area contributed by atoms with Crippen LogP contribution in [-0.4, -0.2) is 40.4 Å². The Kier molecular flexibility index (Phi) is 7.64. The number of aliphatic carboxylic acids is 1. The molecule has 2 aromatic heterocycles. The van der Waals surface area contributed by atoms with Gasteiger partial charge in [0.05, 0.1) is 17.0 Å². The van der Waals surface area contributed by atoms with Crippen molar-refractivity contribution in [1.82, 2.24) is 4.98 Å². The Bertz CT molecular complexity index is 1580. The van der Waals surface area contributed by atoms with Gasteiger partial charge in [0.2, 0.25) is 0 Å². The summed E-state index contributed by atoms with van der Waals surface area (Å²) >= 11 is 1.28. The van der Waals surface area contributed by atoms with Crippen molar-refractivity contribution in [2.75, 3.05) is 12.4 Å². The van der Waals surface area contributed by atoms with Crippen molar-refractivity contribution in [3.05, 3.63) is 69.6 Å². The van der Waals surface area contributed by atoms with E-state index in [1.165, 1.54) is 18.3 Å². The first kappa shape index (κ1) is 27.4. The fourth-order valence-corrected chi connectivity index (χ4v) is 5.97. The summed E-state index contributed by atoms with van der Waals surface area (Å²) in [6.07, 6.45) is 0.147. The lowest BCUT2D eigenvalue weighted by atomic mass is 9.81. The van der Waals surface area contributed by atoms with E-state index >= 15 is 0 Å². The molecule has 8 nitrogen and oxygen atoms in total. The number of carbonyl (C=O) groups is 3. The number of anilines is 1. The van der Waals surface area contributed by atoms with Crippen LogP contribution in [0.5, 0.6) is 0 Å². The van der Waals surface area contributed by atoms with Crippen molar-refractivity contribution in [3.8, 4) is 0 Å². The topological polar surface area (TPSA) is 132 Å². The molecule has 0 aliphatic rings. The first-order valence-electron chi connectivity index (χ1n) is 12.2. The predicted molar refractivity (Wildman–Crippen MR) is 150 cm³/mol. The van der Waals surface area contributed by atoms with Crippen LogP contribution in [0, 0.1) is 12.8 Å². The van der Waals surface area contributed by atoms with Crippen molar-refractivity contribution < 1.29 is 24.2 Å². The van der Waals surface area contributed by atoms with Crippen LogP contribution < -0.4 is 11.1 Å². The molecular weight excluding hydrogens is 502 g/mol. The normalized spacial score (nSPS) is 13.1. The zero-order valence-electron chi connectivity index (χ0n) is 22.0. The minimum absolute atomic E-state index is 0.0685. The summed E-state index contributed by atoms with van der Waals surface area (Å²) in [5.74, 6) is -1.36.